The van der Waals surface area contributed by atoms with Gasteiger partial charge in [-0.1, -0.05) is 19.9 Å². The minimum absolute atomic E-state index is 0.0598. The number of rotatable bonds is 2. The van der Waals surface area contributed by atoms with Crippen LogP contribution in [0, 0.1) is 28.6 Å². The van der Waals surface area contributed by atoms with Crippen molar-refractivity contribution in [3.05, 3.63) is 23.8 Å². The van der Waals surface area contributed by atoms with Gasteiger partial charge in [0, 0.05) is 16.7 Å². The number of aliphatic hydroxyl groups excluding tert-OH is 1. The van der Waals surface area contributed by atoms with E-state index < -0.39 is 63.7 Å². The largest absolute Gasteiger partial charge is 0.390 e. The monoisotopic (exact) mass is 428 g/mol. The molecule has 0 aromatic rings. The molecule has 0 heterocycles. The molecule has 0 amide bonds. The SMILES string of the molecule is CC1CC2C3CC(F)C4=CC(=O)C=CC4(C)C3(F)C(O)CC2(C)C1(O)C(=O)CCl. The zero-order valence-electron chi connectivity index (χ0n) is 16.8. The lowest BCUT2D eigenvalue weighted by Crippen LogP contribution is -2.70. The highest BCUT2D eigenvalue weighted by Gasteiger charge is 2.76. The molecular weight excluding hydrogens is 402 g/mol. The van der Waals surface area contributed by atoms with Gasteiger partial charge in [-0.2, -0.15) is 0 Å². The molecule has 2 N–H and O–H groups in total. The van der Waals surface area contributed by atoms with E-state index in [0.29, 0.717) is 6.42 Å². The van der Waals surface area contributed by atoms with Crippen LogP contribution in [0.4, 0.5) is 8.78 Å². The molecule has 4 rings (SSSR count). The van der Waals surface area contributed by atoms with Crippen LogP contribution >= 0.6 is 11.6 Å². The summed E-state index contributed by atoms with van der Waals surface area (Å²) < 4.78 is 32.1. The predicted octanol–water partition coefficient (Wildman–Crippen LogP) is 3.09. The van der Waals surface area contributed by atoms with Crippen molar-refractivity contribution < 1.29 is 28.6 Å². The van der Waals surface area contributed by atoms with Gasteiger partial charge >= 0.3 is 0 Å². The number of hydrogen-bond donors (Lipinski definition) is 2. The van der Waals surface area contributed by atoms with Crippen molar-refractivity contribution in [2.24, 2.45) is 28.6 Å². The molecule has 0 saturated heterocycles. The summed E-state index contributed by atoms with van der Waals surface area (Å²) in [6, 6.07) is 0. The Kier molecular flexibility index (Phi) is 4.52. The van der Waals surface area contributed by atoms with Gasteiger partial charge in [0.25, 0.3) is 0 Å². The smallest absolute Gasteiger partial charge is 0.179 e. The lowest BCUT2D eigenvalue weighted by atomic mass is 9.44. The lowest BCUT2D eigenvalue weighted by Gasteiger charge is -2.63. The Hall–Kier alpha value is -1.11. The summed E-state index contributed by atoms with van der Waals surface area (Å²) in [4.78, 5) is 24.5. The standard InChI is InChI=1S/C22H27ClF2O4/c1-11-6-13-14-8-16(24)15-7-12(26)4-5-19(15,2)21(14,25)17(27)9-20(13,3)22(11,29)18(28)10-23/h4-5,7,11,13-14,16-17,27,29H,6,8-10H2,1-3H3. The Labute approximate surface area is 174 Å². The number of halogens is 3. The molecule has 9 unspecified atom stereocenters. The van der Waals surface area contributed by atoms with E-state index in [2.05, 4.69) is 0 Å². The normalized spacial score (nSPS) is 53.7. The summed E-state index contributed by atoms with van der Waals surface area (Å²) in [5.74, 6) is -3.24. The summed E-state index contributed by atoms with van der Waals surface area (Å²) in [6.45, 7) is 4.94. The third-order valence-electron chi connectivity index (χ3n) is 8.76. The number of ketones is 2. The molecule has 0 aromatic carbocycles. The van der Waals surface area contributed by atoms with Crippen LogP contribution in [-0.2, 0) is 9.59 Å². The molecule has 3 fully saturated rings. The number of aliphatic hydroxyl groups is 2. The molecule has 29 heavy (non-hydrogen) atoms. The first kappa shape index (κ1) is 21.1. The zero-order valence-corrected chi connectivity index (χ0v) is 17.5. The molecule has 4 aliphatic carbocycles. The molecular formula is C22H27ClF2O4. The van der Waals surface area contributed by atoms with Crippen molar-refractivity contribution in [1.82, 2.24) is 0 Å². The molecule has 0 aromatic heterocycles. The van der Waals surface area contributed by atoms with Gasteiger partial charge < -0.3 is 10.2 Å². The Morgan fingerprint density at radius 3 is 2.59 bits per heavy atom. The molecule has 0 radical (unpaired) electrons. The number of Topliss-reactive ketones (excluding diaryl/α,β-unsaturated/α-hetero) is 1. The van der Waals surface area contributed by atoms with Crippen molar-refractivity contribution in [2.75, 3.05) is 5.88 Å². The Bertz CT molecular complexity index is 843. The summed E-state index contributed by atoms with van der Waals surface area (Å²) >= 11 is 5.78. The third kappa shape index (κ3) is 2.26. The van der Waals surface area contributed by atoms with Gasteiger partial charge in [0.2, 0.25) is 0 Å². The second kappa shape index (κ2) is 6.21. The van der Waals surface area contributed by atoms with Crippen LogP contribution in [-0.4, -0.2) is 51.2 Å². The molecule has 3 saturated carbocycles. The maximum atomic E-state index is 16.9. The molecule has 4 aliphatic rings. The average molecular weight is 429 g/mol. The third-order valence-corrected chi connectivity index (χ3v) is 9.00. The molecule has 0 bridgehead atoms. The topological polar surface area (TPSA) is 74.6 Å². The summed E-state index contributed by atoms with van der Waals surface area (Å²) in [5, 5.41) is 22.5. The first-order valence-electron chi connectivity index (χ1n) is 10.2. The second-order valence-corrected chi connectivity index (χ2v) is 10.1. The van der Waals surface area contributed by atoms with E-state index in [4.69, 9.17) is 11.6 Å². The van der Waals surface area contributed by atoms with Crippen LogP contribution in [0.3, 0.4) is 0 Å². The second-order valence-electron chi connectivity index (χ2n) is 9.82. The van der Waals surface area contributed by atoms with E-state index in [1.807, 2.05) is 0 Å². The van der Waals surface area contributed by atoms with Crippen molar-refractivity contribution in [2.45, 2.75) is 63.6 Å². The fourth-order valence-electron chi connectivity index (χ4n) is 7.24. The highest BCUT2D eigenvalue weighted by atomic mass is 35.5. The van der Waals surface area contributed by atoms with Crippen LogP contribution in [0.2, 0.25) is 0 Å². The maximum Gasteiger partial charge on any atom is 0.179 e. The number of carbonyl (C=O) groups is 2. The van der Waals surface area contributed by atoms with Gasteiger partial charge in [0.1, 0.15) is 11.8 Å². The van der Waals surface area contributed by atoms with Gasteiger partial charge in [-0.05, 0) is 55.7 Å². The Balaban J connectivity index is 1.87. The van der Waals surface area contributed by atoms with E-state index in [0.717, 1.165) is 6.08 Å². The summed E-state index contributed by atoms with van der Waals surface area (Å²) in [5.41, 5.74) is -6.54. The quantitative estimate of drug-likeness (QED) is 0.663. The fraction of sp³-hybridized carbons (Fsp3) is 0.727. The van der Waals surface area contributed by atoms with Crippen molar-refractivity contribution in [3.63, 3.8) is 0 Å². The van der Waals surface area contributed by atoms with Crippen LogP contribution in [0.15, 0.2) is 23.8 Å². The van der Waals surface area contributed by atoms with E-state index in [1.54, 1.807) is 13.8 Å². The number of carbonyl (C=O) groups excluding carboxylic acids is 2. The lowest BCUT2D eigenvalue weighted by molar-refractivity contribution is -0.222. The fourth-order valence-corrected chi connectivity index (χ4v) is 7.44. The highest BCUT2D eigenvalue weighted by molar-refractivity contribution is 6.29. The Morgan fingerprint density at radius 2 is 1.97 bits per heavy atom. The Morgan fingerprint density at radius 1 is 1.31 bits per heavy atom. The van der Waals surface area contributed by atoms with E-state index in [1.165, 1.54) is 19.1 Å². The molecule has 4 nitrogen and oxygen atoms in total. The summed E-state index contributed by atoms with van der Waals surface area (Å²) in [7, 11) is 0. The van der Waals surface area contributed by atoms with Crippen LogP contribution in [0.25, 0.3) is 0 Å². The van der Waals surface area contributed by atoms with E-state index in [9.17, 15) is 19.8 Å². The molecule has 160 valence electrons. The van der Waals surface area contributed by atoms with Crippen molar-refractivity contribution >= 4 is 23.2 Å². The molecule has 9 atom stereocenters. The highest BCUT2D eigenvalue weighted by Crippen LogP contribution is 2.70. The minimum Gasteiger partial charge on any atom is -0.390 e. The maximum absolute atomic E-state index is 16.9. The average Bonchev–Trinajstić information content (AvgIpc) is 2.86. The van der Waals surface area contributed by atoms with Crippen LogP contribution < -0.4 is 0 Å². The number of fused-ring (bicyclic) bond motifs is 5. The van der Waals surface area contributed by atoms with Crippen molar-refractivity contribution in [1.29, 1.82) is 0 Å². The van der Waals surface area contributed by atoms with Gasteiger partial charge in [0.05, 0.1) is 12.0 Å². The minimum atomic E-state index is -2.21. The van der Waals surface area contributed by atoms with Gasteiger partial charge in [-0.15, -0.1) is 11.6 Å². The van der Waals surface area contributed by atoms with Gasteiger partial charge in [0.15, 0.2) is 17.2 Å². The number of alkyl halides is 3. The molecule has 0 spiro atoms. The van der Waals surface area contributed by atoms with Gasteiger partial charge in [-0.25, -0.2) is 8.78 Å². The number of hydrogen-bond acceptors (Lipinski definition) is 4. The van der Waals surface area contributed by atoms with Crippen LogP contribution in [0.5, 0.6) is 0 Å². The number of allylic oxidation sites excluding steroid dienone is 4. The molecule has 0 aliphatic heterocycles. The van der Waals surface area contributed by atoms with E-state index in [-0.39, 0.29) is 24.3 Å². The van der Waals surface area contributed by atoms with Gasteiger partial charge in [-0.3, -0.25) is 9.59 Å². The van der Waals surface area contributed by atoms with Crippen LogP contribution in [0.1, 0.15) is 40.0 Å². The van der Waals surface area contributed by atoms with E-state index >= 15 is 8.78 Å². The molecule has 7 heteroatoms. The predicted molar refractivity (Wildman–Crippen MR) is 104 cm³/mol. The first-order valence-corrected chi connectivity index (χ1v) is 10.7. The summed E-state index contributed by atoms with van der Waals surface area (Å²) in [6.07, 6.45) is 0.674. The van der Waals surface area contributed by atoms with Crippen molar-refractivity contribution in [3.8, 4) is 0 Å². The zero-order chi connectivity index (χ0) is 21.6. The first-order chi connectivity index (χ1) is 13.4.